The standard InChI is InChI=1S/C22H17FN2O/c23-19-14-8-7-13-18(19)21-15-20(24-16-9-3-1-4-10-16)22(26)25(21)17-11-5-2-6-12-17/h1-15,21,24H. The quantitative estimate of drug-likeness (QED) is 0.729. The van der Waals surface area contributed by atoms with Crippen LogP contribution in [0.25, 0.3) is 0 Å². The van der Waals surface area contributed by atoms with Gasteiger partial charge >= 0.3 is 0 Å². The molecule has 0 fully saturated rings. The molecule has 4 rings (SSSR count). The monoisotopic (exact) mass is 344 g/mol. The first kappa shape index (κ1) is 16.1. The van der Waals surface area contributed by atoms with E-state index in [4.69, 9.17) is 0 Å². The summed E-state index contributed by atoms with van der Waals surface area (Å²) in [4.78, 5) is 14.7. The average molecular weight is 344 g/mol. The normalized spacial score (nSPS) is 16.5. The molecule has 1 heterocycles. The summed E-state index contributed by atoms with van der Waals surface area (Å²) in [5.41, 5.74) is 2.45. The molecule has 3 nitrogen and oxygen atoms in total. The highest BCUT2D eigenvalue weighted by Crippen LogP contribution is 2.36. The Kier molecular flexibility index (Phi) is 4.23. The van der Waals surface area contributed by atoms with Gasteiger partial charge in [0.15, 0.2) is 0 Å². The molecule has 0 saturated heterocycles. The number of benzene rings is 3. The summed E-state index contributed by atoms with van der Waals surface area (Å²) >= 11 is 0. The molecule has 1 unspecified atom stereocenters. The third-order valence-electron chi connectivity index (χ3n) is 4.36. The molecular weight excluding hydrogens is 327 g/mol. The van der Waals surface area contributed by atoms with Crippen LogP contribution in [0.2, 0.25) is 0 Å². The van der Waals surface area contributed by atoms with Crippen LogP contribution in [0.15, 0.2) is 96.7 Å². The van der Waals surface area contributed by atoms with E-state index in [0.717, 1.165) is 11.4 Å². The fraction of sp³-hybridized carbons (Fsp3) is 0.0455. The first-order valence-corrected chi connectivity index (χ1v) is 8.41. The number of nitrogens with zero attached hydrogens (tertiary/aromatic N) is 1. The van der Waals surface area contributed by atoms with Gasteiger partial charge in [0.25, 0.3) is 5.91 Å². The van der Waals surface area contributed by atoms with Crippen LogP contribution < -0.4 is 10.2 Å². The SMILES string of the molecule is O=C1C(Nc2ccccc2)=CC(c2ccccc2F)N1c1ccccc1. The first-order valence-electron chi connectivity index (χ1n) is 8.41. The number of carbonyl (C=O) groups is 1. The summed E-state index contributed by atoms with van der Waals surface area (Å²) in [6.07, 6.45) is 1.78. The summed E-state index contributed by atoms with van der Waals surface area (Å²) in [5.74, 6) is -0.517. The van der Waals surface area contributed by atoms with Crippen LogP contribution in [0.4, 0.5) is 15.8 Å². The lowest BCUT2D eigenvalue weighted by molar-refractivity contribution is -0.114. The van der Waals surface area contributed by atoms with Gasteiger partial charge in [-0.15, -0.1) is 0 Å². The van der Waals surface area contributed by atoms with Crippen molar-refractivity contribution in [1.29, 1.82) is 0 Å². The van der Waals surface area contributed by atoms with Crippen molar-refractivity contribution in [3.8, 4) is 0 Å². The zero-order chi connectivity index (χ0) is 17.9. The number of anilines is 2. The Bertz CT molecular complexity index is 954. The van der Waals surface area contributed by atoms with E-state index in [1.54, 1.807) is 29.2 Å². The summed E-state index contributed by atoms with van der Waals surface area (Å²) in [6.45, 7) is 0. The van der Waals surface area contributed by atoms with Crippen molar-refractivity contribution >= 4 is 17.3 Å². The van der Waals surface area contributed by atoms with Crippen molar-refractivity contribution < 1.29 is 9.18 Å². The smallest absolute Gasteiger partial charge is 0.275 e. The van der Waals surface area contributed by atoms with Crippen LogP contribution in [0.5, 0.6) is 0 Å². The molecule has 0 radical (unpaired) electrons. The van der Waals surface area contributed by atoms with E-state index in [0.29, 0.717) is 11.3 Å². The van der Waals surface area contributed by atoms with Gasteiger partial charge in [-0.25, -0.2) is 4.39 Å². The number of para-hydroxylation sites is 2. The lowest BCUT2D eigenvalue weighted by Crippen LogP contribution is -2.31. The van der Waals surface area contributed by atoms with Crippen LogP contribution in [0.1, 0.15) is 11.6 Å². The third-order valence-corrected chi connectivity index (χ3v) is 4.36. The van der Waals surface area contributed by atoms with Gasteiger partial charge < -0.3 is 5.32 Å². The molecule has 0 saturated carbocycles. The van der Waals surface area contributed by atoms with Crippen molar-refractivity contribution in [3.63, 3.8) is 0 Å². The summed E-state index contributed by atoms with van der Waals surface area (Å²) in [5, 5.41) is 3.16. The molecule has 3 aromatic carbocycles. The second-order valence-corrected chi connectivity index (χ2v) is 6.05. The van der Waals surface area contributed by atoms with Gasteiger partial charge in [0.1, 0.15) is 11.5 Å². The highest BCUT2D eigenvalue weighted by atomic mass is 19.1. The fourth-order valence-electron chi connectivity index (χ4n) is 3.14. The number of hydrogen-bond donors (Lipinski definition) is 1. The van der Waals surface area contributed by atoms with Gasteiger partial charge in [-0.3, -0.25) is 9.69 Å². The molecule has 0 aromatic heterocycles. The van der Waals surface area contributed by atoms with Gasteiger partial charge in [0.2, 0.25) is 0 Å². The Balaban J connectivity index is 1.76. The number of rotatable bonds is 4. The second kappa shape index (κ2) is 6.84. The minimum absolute atomic E-state index is 0.187. The molecule has 26 heavy (non-hydrogen) atoms. The molecular formula is C22H17FN2O. The van der Waals surface area contributed by atoms with E-state index in [2.05, 4.69) is 5.32 Å². The molecule has 0 bridgehead atoms. The molecule has 1 atom stereocenters. The number of amides is 1. The van der Waals surface area contributed by atoms with Crippen molar-refractivity contribution in [1.82, 2.24) is 0 Å². The zero-order valence-corrected chi connectivity index (χ0v) is 14.0. The molecule has 4 heteroatoms. The number of carbonyl (C=O) groups excluding carboxylic acids is 1. The van der Waals surface area contributed by atoms with Gasteiger partial charge in [-0.1, -0.05) is 54.6 Å². The summed E-state index contributed by atoms with van der Waals surface area (Å²) in [6, 6.07) is 24.8. The van der Waals surface area contributed by atoms with Gasteiger partial charge in [-0.05, 0) is 36.4 Å². The van der Waals surface area contributed by atoms with Crippen LogP contribution >= 0.6 is 0 Å². The van der Waals surface area contributed by atoms with E-state index in [1.807, 2.05) is 60.7 Å². The van der Waals surface area contributed by atoms with Gasteiger partial charge in [0, 0.05) is 16.9 Å². The predicted molar refractivity (Wildman–Crippen MR) is 101 cm³/mol. The van der Waals surface area contributed by atoms with Crippen LogP contribution in [-0.4, -0.2) is 5.91 Å². The predicted octanol–water partition coefficient (Wildman–Crippen LogP) is 4.91. The largest absolute Gasteiger partial charge is 0.351 e. The third kappa shape index (κ3) is 2.97. The minimum Gasteiger partial charge on any atom is -0.351 e. The van der Waals surface area contributed by atoms with E-state index < -0.39 is 6.04 Å². The maximum absolute atomic E-state index is 14.4. The summed E-state index contributed by atoms with van der Waals surface area (Å²) in [7, 11) is 0. The van der Waals surface area contributed by atoms with E-state index in [9.17, 15) is 9.18 Å². The van der Waals surface area contributed by atoms with Gasteiger partial charge in [0.05, 0.1) is 6.04 Å². The Hall–Kier alpha value is -3.40. The minimum atomic E-state index is -0.502. The van der Waals surface area contributed by atoms with Crippen molar-refractivity contribution in [2.75, 3.05) is 10.2 Å². The van der Waals surface area contributed by atoms with E-state index >= 15 is 0 Å². The summed E-state index contributed by atoms with van der Waals surface area (Å²) < 4.78 is 14.4. The molecule has 0 aliphatic carbocycles. The molecule has 1 aliphatic rings. The van der Waals surface area contributed by atoms with E-state index in [-0.39, 0.29) is 11.7 Å². The van der Waals surface area contributed by atoms with E-state index in [1.165, 1.54) is 6.07 Å². The lowest BCUT2D eigenvalue weighted by Gasteiger charge is -2.25. The average Bonchev–Trinajstić information content (AvgIpc) is 3.00. The zero-order valence-electron chi connectivity index (χ0n) is 14.0. The van der Waals surface area contributed by atoms with Crippen LogP contribution in [0.3, 0.4) is 0 Å². The molecule has 1 aliphatic heterocycles. The highest BCUT2D eigenvalue weighted by Gasteiger charge is 2.35. The molecule has 3 aromatic rings. The number of halogens is 1. The highest BCUT2D eigenvalue weighted by molar-refractivity contribution is 6.11. The molecule has 128 valence electrons. The topological polar surface area (TPSA) is 32.3 Å². The van der Waals surface area contributed by atoms with Crippen molar-refractivity contribution in [3.05, 3.63) is 108 Å². The molecule has 1 amide bonds. The molecule has 0 spiro atoms. The van der Waals surface area contributed by atoms with Crippen LogP contribution in [-0.2, 0) is 4.79 Å². The Morgan fingerprint density at radius 3 is 2.12 bits per heavy atom. The van der Waals surface area contributed by atoms with Gasteiger partial charge in [-0.2, -0.15) is 0 Å². The Morgan fingerprint density at radius 2 is 1.42 bits per heavy atom. The fourth-order valence-corrected chi connectivity index (χ4v) is 3.14. The Labute approximate surface area is 151 Å². The maximum Gasteiger partial charge on any atom is 0.275 e. The second-order valence-electron chi connectivity index (χ2n) is 6.05. The van der Waals surface area contributed by atoms with Crippen molar-refractivity contribution in [2.24, 2.45) is 0 Å². The number of nitrogens with one attached hydrogen (secondary N) is 1. The van der Waals surface area contributed by atoms with Crippen molar-refractivity contribution in [2.45, 2.75) is 6.04 Å². The number of hydrogen-bond acceptors (Lipinski definition) is 2. The first-order chi connectivity index (χ1) is 12.7. The Morgan fingerprint density at radius 1 is 0.808 bits per heavy atom. The maximum atomic E-state index is 14.4. The van der Waals surface area contributed by atoms with Crippen LogP contribution in [0, 0.1) is 5.82 Å². The lowest BCUT2D eigenvalue weighted by atomic mass is 10.1. The molecule has 1 N–H and O–H groups in total.